The average Bonchev–Trinajstić information content (AvgIpc) is 3.17. The molecule has 0 aliphatic carbocycles. The fourth-order valence-electron chi connectivity index (χ4n) is 6.37. The van der Waals surface area contributed by atoms with Crippen LogP contribution in [0.15, 0.2) is 60.8 Å². The first kappa shape index (κ1) is 54.0. The lowest BCUT2D eigenvalue weighted by atomic mass is 10.1. The van der Waals surface area contributed by atoms with Crippen LogP contribution in [0.25, 0.3) is 0 Å². The number of carbonyl (C=O) groups is 3. The van der Waals surface area contributed by atoms with Gasteiger partial charge < -0.3 is 23.8 Å². The Hall–Kier alpha value is -2.97. The lowest BCUT2D eigenvalue weighted by molar-refractivity contribution is -0.887. The Balaban J connectivity index is 4.37. The first-order valence-corrected chi connectivity index (χ1v) is 22.8. The number of aliphatic carboxylic acids is 1. The van der Waals surface area contributed by atoms with Gasteiger partial charge in [0.15, 0.2) is 12.1 Å². The zero-order valence-electron chi connectivity index (χ0n) is 37.3. The van der Waals surface area contributed by atoms with Crippen molar-refractivity contribution in [2.75, 3.05) is 41.0 Å². The summed E-state index contributed by atoms with van der Waals surface area (Å²) in [5.74, 6) is -1.50. The highest BCUT2D eigenvalue weighted by molar-refractivity contribution is 5.72. The summed E-state index contributed by atoms with van der Waals surface area (Å²) in [6, 6.07) is -0.620. The van der Waals surface area contributed by atoms with Gasteiger partial charge >= 0.3 is 17.9 Å². The summed E-state index contributed by atoms with van der Waals surface area (Å²) in [5, 5.41) is 9.62. The van der Waals surface area contributed by atoms with Crippen molar-refractivity contribution in [2.45, 2.75) is 193 Å². The second-order valence-electron chi connectivity index (χ2n) is 16.3. The van der Waals surface area contributed by atoms with Crippen LogP contribution in [0.2, 0.25) is 0 Å². The topological polar surface area (TPSA) is 99.1 Å². The molecule has 2 atom stereocenters. The van der Waals surface area contributed by atoms with Gasteiger partial charge in [0.2, 0.25) is 0 Å². The number of nitrogens with zero attached hydrogens (tertiary/aromatic N) is 1. The average molecular weight is 801 g/mol. The molecule has 0 aromatic rings. The number of rotatable bonds is 40. The molecule has 0 aliphatic rings. The van der Waals surface area contributed by atoms with Crippen LogP contribution < -0.4 is 0 Å². The molecule has 8 nitrogen and oxygen atoms in total. The molecule has 57 heavy (non-hydrogen) atoms. The highest BCUT2D eigenvalue weighted by atomic mass is 16.6. The minimum Gasteiger partial charge on any atom is -0.477 e. The van der Waals surface area contributed by atoms with Crippen LogP contribution >= 0.6 is 0 Å². The fraction of sp³-hybridized carbons (Fsp3) is 0.735. The smallest absolute Gasteiger partial charge is 0.362 e. The Morgan fingerprint density at radius 2 is 0.982 bits per heavy atom. The van der Waals surface area contributed by atoms with Crippen LogP contribution in [0.5, 0.6) is 0 Å². The van der Waals surface area contributed by atoms with Gasteiger partial charge in [-0.2, -0.15) is 0 Å². The van der Waals surface area contributed by atoms with Gasteiger partial charge in [0.05, 0.1) is 34.4 Å². The zero-order valence-corrected chi connectivity index (χ0v) is 37.3. The van der Waals surface area contributed by atoms with Gasteiger partial charge in [-0.15, -0.1) is 0 Å². The van der Waals surface area contributed by atoms with E-state index in [0.29, 0.717) is 19.3 Å². The maximum Gasteiger partial charge on any atom is 0.362 e. The summed E-state index contributed by atoms with van der Waals surface area (Å²) in [4.78, 5) is 37.0. The molecule has 328 valence electrons. The van der Waals surface area contributed by atoms with Gasteiger partial charge in [-0.25, -0.2) is 4.79 Å². The second kappa shape index (κ2) is 39.8. The highest BCUT2D eigenvalue weighted by Gasteiger charge is 2.31. The molecular formula is C49H86NO7+. The van der Waals surface area contributed by atoms with E-state index >= 15 is 0 Å². The van der Waals surface area contributed by atoms with E-state index in [2.05, 4.69) is 74.6 Å². The Kier molecular flexibility index (Phi) is 37.8. The summed E-state index contributed by atoms with van der Waals surface area (Å²) in [7, 11) is 5.52. The normalized spacial score (nSPS) is 13.5. The first-order valence-electron chi connectivity index (χ1n) is 22.8. The molecule has 1 N–H and O–H groups in total. The molecule has 0 heterocycles. The number of hydrogen-bond acceptors (Lipinski definition) is 6. The molecule has 0 fully saturated rings. The molecule has 0 spiro atoms. The molecule has 0 aromatic carbocycles. The minimum absolute atomic E-state index is 0.0507. The number of ether oxygens (including phenoxy) is 3. The third kappa shape index (κ3) is 38.3. The van der Waals surface area contributed by atoms with E-state index in [9.17, 15) is 19.5 Å². The van der Waals surface area contributed by atoms with Gasteiger partial charge in [0, 0.05) is 19.3 Å². The van der Waals surface area contributed by atoms with E-state index in [4.69, 9.17) is 14.2 Å². The fourth-order valence-corrected chi connectivity index (χ4v) is 6.37. The third-order valence-electron chi connectivity index (χ3n) is 9.90. The Labute approximate surface area is 349 Å². The van der Waals surface area contributed by atoms with E-state index in [0.717, 1.165) is 89.9 Å². The Morgan fingerprint density at radius 3 is 1.47 bits per heavy atom. The predicted octanol–water partition coefficient (Wildman–Crippen LogP) is 12.6. The number of esters is 2. The predicted molar refractivity (Wildman–Crippen MR) is 238 cm³/mol. The van der Waals surface area contributed by atoms with Crippen LogP contribution in [0.1, 0.15) is 181 Å². The van der Waals surface area contributed by atoms with Crippen molar-refractivity contribution in [1.29, 1.82) is 0 Å². The SMILES string of the molecule is CC/C=C\C/C=C\C/C=C\C/C=C\CCCCCCCCC(=O)OC(COCCC(C(=O)O)[N+](C)(C)C)COC(=O)CCCCCCC/C=C\CCCCCCC. The van der Waals surface area contributed by atoms with E-state index in [1.54, 1.807) is 0 Å². The lowest BCUT2D eigenvalue weighted by Gasteiger charge is -2.31. The molecule has 2 unspecified atom stereocenters. The van der Waals surface area contributed by atoms with Crippen molar-refractivity contribution in [3.05, 3.63) is 60.8 Å². The van der Waals surface area contributed by atoms with Gasteiger partial charge in [0.1, 0.15) is 6.61 Å². The Bertz CT molecular complexity index is 1120. The van der Waals surface area contributed by atoms with Crippen molar-refractivity contribution in [3.8, 4) is 0 Å². The molecule has 0 amide bonds. The van der Waals surface area contributed by atoms with Crippen molar-refractivity contribution in [1.82, 2.24) is 0 Å². The van der Waals surface area contributed by atoms with Crippen molar-refractivity contribution < 1.29 is 38.2 Å². The summed E-state index contributed by atoms with van der Waals surface area (Å²) in [5.41, 5.74) is 0. The molecule has 0 aromatic heterocycles. The first-order chi connectivity index (χ1) is 27.6. The summed E-state index contributed by atoms with van der Waals surface area (Å²) in [6.07, 6.45) is 48.3. The summed E-state index contributed by atoms with van der Waals surface area (Å²) in [6.45, 7) is 4.59. The largest absolute Gasteiger partial charge is 0.477 e. The molecule has 8 heteroatoms. The highest BCUT2D eigenvalue weighted by Crippen LogP contribution is 2.13. The van der Waals surface area contributed by atoms with E-state index in [-0.39, 0.29) is 36.2 Å². The number of carbonyl (C=O) groups excluding carboxylic acids is 2. The van der Waals surface area contributed by atoms with E-state index in [1.807, 2.05) is 21.1 Å². The van der Waals surface area contributed by atoms with E-state index < -0.39 is 18.1 Å². The molecular weight excluding hydrogens is 715 g/mol. The van der Waals surface area contributed by atoms with E-state index in [1.165, 1.54) is 57.8 Å². The number of unbranched alkanes of at least 4 members (excludes halogenated alkanes) is 16. The van der Waals surface area contributed by atoms with Gasteiger partial charge in [0.25, 0.3) is 0 Å². The van der Waals surface area contributed by atoms with Gasteiger partial charge in [-0.3, -0.25) is 9.59 Å². The minimum atomic E-state index is -0.880. The monoisotopic (exact) mass is 801 g/mol. The standard InChI is InChI=1S/C49H85NO7/c1-6-8-10-12-14-16-18-20-22-23-24-25-26-28-30-32-34-36-38-40-48(52)57-45(43-55-42-41-46(49(53)54)50(3,4)5)44-56-47(51)39-37-35-33-31-29-27-21-19-17-15-13-11-9-7-2/h8,10,14,16,19-22,24-25,45-46H,6-7,9,11-13,15,17-18,23,26-44H2,1-5H3/p+1/b10-8-,16-14-,21-19-,22-20-,25-24-. The molecule has 0 saturated carbocycles. The van der Waals surface area contributed by atoms with Crippen LogP contribution in [0, 0.1) is 0 Å². The van der Waals surface area contributed by atoms with Gasteiger partial charge in [-0.05, 0) is 77.0 Å². The lowest BCUT2D eigenvalue weighted by Crippen LogP contribution is -2.50. The van der Waals surface area contributed by atoms with Crippen LogP contribution in [0.3, 0.4) is 0 Å². The summed E-state index contributed by atoms with van der Waals surface area (Å²) < 4.78 is 17.3. The number of likely N-dealkylation sites (N-methyl/N-ethyl adjacent to an activating group) is 1. The number of allylic oxidation sites excluding steroid dienone is 10. The maximum atomic E-state index is 12.7. The number of carboxylic acids is 1. The number of quaternary nitrogens is 1. The van der Waals surface area contributed by atoms with Crippen LogP contribution in [-0.4, -0.2) is 80.6 Å². The quantitative estimate of drug-likeness (QED) is 0.0285. The van der Waals surface area contributed by atoms with Crippen molar-refractivity contribution in [2.24, 2.45) is 0 Å². The number of carboxylic acid groups (broad SMARTS) is 1. The van der Waals surface area contributed by atoms with Gasteiger partial charge in [-0.1, -0.05) is 145 Å². The summed E-state index contributed by atoms with van der Waals surface area (Å²) >= 11 is 0. The van der Waals surface area contributed by atoms with Crippen LogP contribution in [0.4, 0.5) is 0 Å². The zero-order chi connectivity index (χ0) is 42.1. The van der Waals surface area contributed by atoms with Crippen molar-refractivity contribution >= 4 is 17.9 Å². The third-order valence-corrected chi connectivity index (χ3v) is 9.90. The molecule has 0 bridgehead atoms. The maximum absolute atomic E-state index is 12.7. The molecule has 0 radical (unpaired) electrons. The molecule has 0 aliphatic heterocycles. The number of hydrogen-bond donors (Lipinski definition) is 1. The second-order valence-corrected chi connectivity index (χ2v) is 16.3. The molecule has 0 rings (SSSR count). The Morgan fingerprint density at radius 1 is 0.544 bits per heavy atom. The molecule has 0 saturated heterocycles. The van der Waals surface area contributed by atoms with Crippen LogP contribution in [-0.2, 0) is 28.6 Å². The van der Waals surface area contributed by atoms with Crippen molar-refractivity contribution in [3.63, 3.8) is 0 Å².